The maximum atomic E-state index is 9.70. The molecule has 0 amide bonds. The Balaban J connectivity index is 2.79. The van der Waals surface area contributed by atoms with Crippen molar-refractivity contribution < 1.29 is 30.3 Å². The summed E-state index contributed by atoms with van der Waals surface area (Å²) >= 11 is 0. The second-order valence-electron chi connectivity index (χ2n) is 3.49. The third-order valence-electron chi connectivity index (χ3n) is 2.49. The van der Waals surface area contributed by atoms with Crippen molar-refractivity contribution in [2.24, 2.45) is 0 Å². The van der Waals surface area contributed by atoms with Gasteiger partial charge in [-0.1, -0.05) is 6.92 Å². The average molecular weight is 208 g/mol. The van der Waals surface area contributed by atoms with E-state index in [0.717, 1.165) is 0 Å². The summed E-state index contributed by atoms with van der Waals surface area (Å²) in [6.45, 7) is 1.27. The summed E-state index contributed by atoms with van der Waals surface area (Å²) in [5.41, 5.74) is 0. The van der Waals surface area contributed by atoms with Crippen molar-refractivity contribution in [3.8, 4) is 0 Å². The second-order valence-corrected chi connectivity index (χ2v) is 3.49. The lowest BCUT2D eigenvalue weighted by Crippen LogP contribution is -2.65. The first-order valence-corrected chi connectivity index (χ1v) is 4.52. The SMILES string of the molecule is CC[C@@H](O)[C@@]1(O)OC[C@@H](O)[C@H](O)[C@H]1O. The molecule has 0 saturated carbocycles. The number of aliphatic hydroxyl groups excluding tert-OH is 4. The summed E-state index contributed by atoms with van der Waals surface area (Å²) in [5.74, 6) is -2.20. The summed E-state index contributed by atoms with van der Waals surface area (Å²) in [7, 11) is 0. The van der Waals surface area contributed by atoms with Crippen molar-refractivity contribution in [1.82, 2.24) is 0 Å². The molecule has 0 spiro atoms. The fourth-order valence-corrected chi connectivity index (χ4v) is 1.44. The van der Waals surface area contributed by atoms with Crippen molar-refractivity contribution in [3.05, 3.63) is 0 Å². The van der Waals surface area contributed by atoms with Crippen LogP contribution in [0.15, 0.2) is 0 Å². The molecule has 1 fully saturated rings. The highest BCUT2D eigenvalue weighted by Crippen LogP contribution is 2.28. The minimum absolute atomic E-state index is 0.163. The highest BCUT2D eigenvalue weighted by molar-refractivity contribution is 4.95. The summed E-state index contributed by atoms with van der Waals surface area (Å²) in [6, 6.07) is 0. The molecule has 6 heteroatoms. The van der Waals surface area contributed by atoms with Crippen molar-refractivity contribution in [2.45, 2.75) is 43.5 Å². The molecular formula is C8H16O6. The molecule has 0 aromatic carbocycles. The van der Waals surface area contributed by atoms with Crippen LogP contribution in [0.25, 0.3) is 0 Å². The van der Waals surface area contributed by atoms with Crippen LogP contribution in [0, 0.1) is 0 Å². The molecule has 0 radical (unpaired) electrons. The van der Waals surface area contributed by atoms with Crippen LogP contribution in [-0.2, 0) is 4.74 Å². The molecule has 1 heterocycles. The van der Waals surface area contributed by atoms with E-state index in [1.165, 1.54) is 0 Å². The molecule has 5 atom stereocenters. The molecule has 0 aromatic rings. The van der Waals surface area contributed by atoms with Gasteiger partial charge in [-0.25, -0.2) is 0 Å². The maximum Gasteiger partial charge on any atom is 0.221 e. The van der Waals surface area contributed by atoms with Crippen molar-refractivity contribution in [2.75, 3.05) is 6.61 Å². The predicted octanol–water partition coefficient (Wildman–Crippen LogP) is -2.44. The smallest absolute Gasteiger partial charge is 0.221 e. The number of hydrogen-bond acceptors (Lipinski definition) is 6. The van der Waals surface area contributed by atoms with Gasteiger partial charge in [0.1, 0.15) is 24.4 Å². The van der Waals surface area contributed by atoms with Crippen LogP contribution in [-0.4, -0.2) is 62.3 Å². The van der Waals surface area contributed by atoms with Gasteiger partial charge in [-0.2, -0.15) is 0 Å². The molecule has 1 aliphatic rings. The van der Waals surface area contributed by atoms with Gasteiger partial charge < -0.3 is 30.3 Å². The van der Waals surface area contributed by atoms with Gasteiger partial charge in [-0.15, -0.1) is 0 Å². The topological polar surface area (TPSA) is 110 Å². The third-order valence-corrected chi connectivity index (χ3v) is 2.49. The van der Waals surface area contributed by atoms with Gasteiger partial charge in [0.05, 0.1) is 6.61 Å². The summed E-state index contributed by atoms with van der Waals surface area (Å²) in [5, 5.41) is 46.9. The predicted molar refractivity (Wildman–Crippen MR) is 45.2 cm³/mol. The number of rotatable bonds is 2. The first-order valence-electron chi connectivity index (χ1n) is 4.52. The molecule has 1 aliphatic heterocycles. The van der Waals surface area contributed by atoms with Crippen LogP contribution in [0.5, 0.6) is 0 Å². The average Bonchev–Trinajstić information content (AvgIpc) is 2.19. The molecule has 84 valence electrons. The molecule has 1 rings (SSSR count). The lowest BCUT2D eigenvalue weighted by molar-refractivity contribution is -0.351. The van der Waals surface area contributed by atoms with Gasteiger partial charge in [0.2, 0.25) is 5.79 Å². The van der Waals surface area contributed by atoms with E-state index in [1.807, 2.05) is 0 Å². The Hall–Kier alpha value is -0.240. The van der Waals surface area contributed by atoms with Crippen LogP contribution >= 0.6 is 0 Å². The normalized spacial score (nSPS) is 46.3. The number of aliphatic hydroxyl groups is 5. The van der Waals surface area contributed by atoms with E-state index < -0.39 is 30.2 Å². The molecule has 0 unspecified atom stereocenters. The van der Waals surface area contributed by atoms with E-state index >= 15 is 0 Å². The monoisotopic (exact) mass is 208 g/mol. The highest BCUT2D eigenvalue weighted by Gasteiger charge is 2.52. The molecule has 0 aromatic heterocycles. The third kappa shape index (κ3) is 1.77. The van der Waals surface area contributed by atoms with Gasteiger partial charge in [-0.05, 0) is 6.42 Å². The minimum atomic E-state index is -2.20. The fraction of sp³-hybridized carbons (Fsp3) is 1.00. The minimum Gasteiger partial charge on any atom is -0.388 e. The van der Waals surface area contributed by atoms with Crippen molar-refractivity contribution in [1.29, 1.82) is 0 Å². The quantitative estimate of drug-likeness (QED) is 0.345. The van der Waals surface area contributed by atoms with Crippen LogP contribution < -0.4 is 0 Å². The zero-order valence-corrected chi connectivity index (χ0v) is 7.87. The van der Waals surface area contributed by atoms with E-state index in [9.17, 15) is 20.4 Å². The van der Waals surface area contributed by atoms with Gasteiger partial charge >= 0.3 is 0 Å². The molecule has 0 bridgehead atoms. The maximum absolute atomic E-state index is 9.70. The molecule has 0 aliphatic carbocycles. The van der Waals surface area contributed by atoms with E-state index in [0.29, 0.717) is 0 Å². The highest BCUT2D eigenvalue weighted by atomic mass is 16.7. The van der Waals surface area contributed by atoms with E-state index in [1.54, 1.807) is 6.92 Å². The molecule has 5 N–H and O–H groups in total. The Morgan fingerprint density at radius 2 is 2.00 bits per heavy atom. The van der Waals surface area contributed by atoms with Gasteiger partial charge in [0.25, 0.3) is 0 Å². The lowest BCUT2D eigenvalue weighted by atomic mass is 9.92. The zero-order chi connectivity index (χ0) is 10.9. The largest absolute Gasteiger partial charge is 0.388 e. The van der Waals surface area contributed by atoms with Crippen molar-refractivity contribution in [3.63, 3.8) is 0 Å². The van der Waals surface area contributed by atoms with E-state index in [2.05, 4.69) is 0 Å². The Labute approximate surface area is 81.4 Å². The lowest BCUT2D eigenvalue weighted by Gasteiger charge is -2.43. The van der Waals surface area contributed by atoms with E-state index in [4.69, 9.17) is 9.84 Å². The zero-order valence-electron chi connectivity index (χ0n) is 7.87. The standard InChI is InChI=1S/C8H16O6/c1-2-5(10)8(13)7(12)6(11)4(9)3-14-8/h4-7,9-13H,2-3H2,1H3/t4-,5-,6+,7-,8-/m1/s1. The first kappa shape index (κ1) is 11.8. The fourth-order valence-electron chi connectivity index (χ4n) is 1.44. The van der Waals surface area contributed by atoms with Gasteiger partial charge in [0.15, 0.2) is 0 Å². The van der Waals surface area contributed by atoms with E-state index in [-0.39, 0.29) is 13.0 Å². The van der Waals surface area contributed by atoms with Crippen LogP contribution in [0.3, 0.4) is 0 Å². The Morgan fingerprint density at radius 3 is 2.50 bits per heavy atom. The van der Waals surface area contributed by atoms with Crippen LogP contribution in [0.4, 0.5) is 0 Å². The molecular weight excluding hydrogens is 192 g/mol. The van der Waals surface area contributed by atoms with Crippen LogP contribution in [0.1, 0.15) is 13.3 Å². The summed E-state index contributed by atoms with van der Waals surface area (Å²) < 4.78 is 4.76. The number of ether oxygens (including phenoxy) is 1. The Bertz CT molecular complexity index is 198. The summed E-state index contributed by atoms with van der Waals surface area (Å²) in [4.78, 5) is 0. The molecule has 6 nitrogen and oxygen atoms in total. The van der Waals surface area contributed by atoms with Gasteiger partial charge in [-0.3, -0.25) is 0 Å². The molecule has 14 heavy (non-hydrogen) atoms. The van der Waals surface area contributed by atoms with Crippen molar-refractivity contribution >= 4 is 0 Å². The Morgan fingerprint density at radius 1 is 1.43 bits per heavy atom. The molecule has 1 saturated heterocycles. The second kappa shape index (κ2) is 4.09. The number of hydrogen-bond donors (Lipinski definition) is 5. The Kier molecular flexibility index (Phi) is 3.46. The first-order chi connectivity index (χ1) is 6.43. The summed E-state index contributed by atoms with van der Waals surface area (Å²) in [6.07, 6.45) is -5.64. The van der Waals surface area contributed by atoms with Gasteiger partial charge in [0, 0.05) is 0 Å². The van der Waals surface area contributed by atoms with Crippen LogP contribution in [0.2, 0.25) is 0 Å².